The van der Waals surface area contributed by atoms with Crippen LogP contribution in [0.3, 0.4) is 0 Å². The number of aryl methyl sites for hydroxylation is 1. The highest BCUT2D eigenvalue weighted by atomic mass is 16.1. The van der Waals surface area contributed by atoms with Crippen LogP contribution >= 0.6 is 0 Å². The Labute approximate surface area is 130 Å². The van der Waals surface area contributed by atoms with E-state index in [0.717, 1.165) is 41.9 Å². The number of likely N-dealkylation sites (N-methyl/N-ethyl adjacent to an activating group) is 1. The zero-order valence-electron chi connectivity index (χ0n) is 13.4. The molecule has 116 valence electrons. The number of likely N-dealkylation sites (tertiary alicyclic amines) is 1. The molecule has 1 aromatic carbocycles. The van der Waals surface area contributed by atoms with Gasteiger partial charge in [0.2, 0.25) is 0 Å². The van der Waals surface area contributed by atoms with Crippen LogP contribution < -0.4 is 10.5 Å². The van der Waals surface area contributed by atoms with Gasteiger partial charge in [-0.1, -0.05) is 6.92 Å². The van der Waals surface area contributed by atoms with Gasteiger partial charge in [0, 0.05) is 44.3 Å². The molecule has 0 saturated carbocycles. The molecular formula is C17H22N4O. The lowest BCUT2D eigenvalue weighted by atomic mass is 10.1. The lowest BCUT2D eigenvalue weighted by Crippen LogP contribution is -2.44. The smallest absolute Gasteiger partial charge is 0.261 e. The molecule has 0 amide bonds. The number of hydrogen-bond donors (Lipinski definition) is 0. The Morgan fingerprint density at radius 3 is 2.68 bits per heavy atom. The Bertz CT molecular complexity index is 795. The van der Waals surface area contributed by atoms with Gasteiger partial charge >= 0.3 is 0 Å². The molecule has 0 N–H and O–H groups in total. The second-order valence-electron chi connectivity index (χ2n) is 6.58. The maximum absolute atomic E-state index is 12.6. The van der Waals surface area contributed by atoms with Crippen molar-refractivity contribution in [3.63, 3.8) is 0 Å². The molecule has 5 heteroatoms. The quantitative estimate of drug-likeness (QED) is 0.840. The Kier molecular flexibility index (Phi) is 3.01. The largest absolute Gasteiger partial charge is 0.366 e. The van der Waals surface area contributed by atoms with Gasteiger partial charge in [-0.05, 0) is 31.7 Å². The summed E-state index contributed by atoms with van der Waals surface area (Å²) in [6, 6.07) is 7.39. The Hall–Kier alpha value is -1.88. The van der Waals surface area contributed by atoms with Crippen LogP contribution in [-0.2, 0) is 13.5 Å². The molecule has 2 saturated heterocycles. The van der Waals surface area contributed by atoms with Crippen LogP contribution in [0.4, 0.5) is 5.69 Å². The van der Waals surface area contributed by atoms with Crippen LogP contribution in [0.25, 0.3) is 10.9 Å². The van der Waals surface area contributed by atoms with Crippen molar-refractivity contribution < 1.29 is 0 Å². The molecule has 0 spiro atoms. The van der Waals surface area contributed by atoms with Gasteiger partial charge in [0.15, 0.2) is 0 Å². The third-order valence-corrected chi connectivity index (χ3v) is 5.31. The van der Waals surface area contributed by atoms with E-state index in [1.165, 1.54) is 6.42 Å². The summed E-state index contributed by atoms with van der Waals surface area (Å²) in [5, 5.41) is 0.730. The minimum absolute atomic E-state index is 0.0603. The third-order valence-electron chi connectivity index (χ3n) is 5.31. The molecule has 0 radical (unpaired) electrons. The molecule has 1 aromatic heterocycles. The highest BCUT2D eigenvalue weighted by Crippen LogP contribution is 2.34. The molecule has 2 atom stereocenters. The molecule has 4 rings (SSSR count). The first-order valence-corrected chi connectivity index (χ1v) is 8.05. The van der Waals surface area contributed by atoms with Crippen molar-refractivity contribution in [1.82, 2.24) is 14.5 Å². The van der Waals surface area contributed by atoms with Crippen LogP contribution in [0.5, 0.6) is 0 Å². The maximum atomic E-state index is 12.6. The molecule has 2 aliphatic heterocycles. The molecule has 2 aliphatic rings. The van der Waals surface area contributed by atoms with Gasteiger partial charge in [0.25, 0.3) is 5.56 Å². The molecule has 22 heavy (non-hydrogen) atoms. The number of nitrogens with zero attached hydrogens (tertiary/aromatic N) is 4. The van der Waals surface area contributed by atoms with Crippen LogP contribution in [-0.4, -0.2) is 46.7 Å². The summed E-state index contributed by atoms with van der Waals surface area (Å²) in [5.41, 5.74) is 2.03. The number of anilines is 1. The highest BCUT2D eigenvalue weighted by molar-refractivity contribution is 5.82. The van der Waals surface area contributed by atoms with E-state index >= 15 is 0 Å². The minimum atomic E-state index is 0.0603. The van der Waals surface area contributed by atoms with Crippen molar-refractivity contribution in [2.75, 3.05) is 25.0 Å². The van der Waals surface area contributed by atoms with E-state index in [9.17, 15) is 4.79 Å². The first-order chi connectivity index (χ1) is 10.6. The maximum Gasteiger partial charge on any atom is 0.261 e. The van der Waals surface area contributed by atoms with Crippen molar-refractivity contribution in [1.29, 1.82) is 0 Å². The molecular weight excluding hydrogens is 276 g/mol. The molecule has 2 fully saturated rings. The van der Waals surface area contributed by atoms with Gasteiger partial charge in [-0.3, -0.25) is 14.3 Å². The Morgan fingerprint density at radius 1 is 1.23 bits per heavy atom. The van der Waals surface area contributed by atoms with E-state index in [4.69, 9.17) is 0 Å². The van der Waals surface area contributed by atoms with Gasteiger partial charge in [-0.15, -0.1) is 0 Å². The van der Waals surface area contributed by atoms with E-state index in [1.54, 1.807) is 4.57 Å². The average molecular weight is 298 g/mol. The number of fused-ring (bicyclic) bond motifs is 3. The summed E-state index contributed by atoms with van der Waals surface area (Å²) in [5.74, 6) is 0.840. The number of aromatic nitrogens is 2. The summed E-state index contributed by atoms with van der Waals surface area (Å²) in [6.07, 6.45) is 2.01. The average Bonchev–Trinajstić information content (AvgIpc) is 3.09. The van der Waals surface area contributed by atoms with E-state index in [-0.39, 0.29) is 5.56 Å². The van der Waals surface area contributed by atoms with Crippen molar-refractivity contribution in [3.8, 4) is 0 Å². The third kappa shape index (κ3) is 1.88. The Balaban J connectivity index is 1.79. The molecule has 0 aliphatic carbocycles. The second-order valence-corrected chi connectivity index (χ2v) is 6.58. The number of benzene rings is 1. The molecule has 2 bridgehead atoms. The van der Waals surface area contributed by atoms with Crippen LogP contribution in [0.2, 0.25) is 0 Å². The summed E-state index contributed by atoms with van der Waals surface area (Å²) in [4.78, 5) is 22.1. The molecule has 3 heterocycles. The van der Waals surface area contributed by atoms with Crippen molar-refractivity contribution in [2.45, 2.75) is 31.8 Å². The Morgan fingerprint density at radius 2 is 2.05 bits per heavy atom. The van der Waals surface area contributed by atoms with Crippen LogP contribution in [0.15, 0.2) is 23.0 Å². The number of piperazine rings is 1. The standard InChI is InChI=1S/C17H22N4O/c1-4-16-18-15-6-5-11(8-14(15)17(22)20(16)3)21-10-12-7-13(21)9-19(12)2/h5-6,8,12-13H,4,7,9-10H2,1-3H3/t12-,13-/m0/s1. The highest BCUT2D eigenvalue weighted by Gasteiger charge is 2.41. The summed E-state index contributed by atoms with van der Waals surface area (Å²) >= 11 is 0. The monoisotopic (exact) mass is 298 g/mol. The van der Waals surface area contributed by atoms with E-state index in [2.05, 4.69) is 27.9 Å². The predicted molar refractivity (Wildman–Crippen MR) is 88.5 cm³/mol. The van der Waals surface area contributed by atoms with Gasteiger partial charge in [-0.25, -0.2) is 4.98 Å². The molecule has 0 unspecified atom stereocenters. The number of hydrogen-bond acceptors (Lipinski definition) is 4. The van der Waals surface area contributed by atoms with E-state index in [0.29, 0.717) is 12.1 Å². The molecule has 5 nitrogen and oxygen atoms in total. The topological polar surface area (TPSA) is 41.4 Å². The zero-order chi connectivity index (χ0) is 15.4. The van der Waals surface area contributed by atoms with E-state index < -0.39 is 0 Å². The minimum Gasteiger partial charge on any atom is -0.366 e. The normalized spacial score (nSPS) is 24.6. The lowest BCUT2D eigenvalue weighted by Gasteiger charge is -2.33. The van der Waals surface area contributed by atoms with Gasteiger partial charge in [0.05, 0.1) is 10.9 Å². The van der Waals surface area contributed by atoms with Gasteiger partial charge < -0.3 is 4.90 Å². The van der Waals surface area contributed by atoms with Crippen LogP contribution in [0, 0.1) is 0 Å². The summed E-state index contributed by atoms with van der Waals surface area (Å²) < 4.78 is 1.68. The fraction of sp³-hybridized carbons (Fsp3) is 0.529. The van der Waals surface area contributed by atoms with E-state index in [1.807, 2.05) is 26.1 Å². The SMILES string of the molecule is CCc1nc2ccc(N3C[C@@H]4C[C@H]3CN4C)cc2c(=O)n1C. The number of rotatable bonds is 2. The fourth-order valence-electron chi connectivity index (χ4n) is 3.98. The van der Waals surface area contributed by atoms with Crippen LogP contribution in [0.1, 0.15) is 19.2 Å². The lowest BCUT2D eigenvalue weighted by molar-refractivity contribution is 0.292. The van der Waals surface area contributed by atoms with Gasteiger partial charge in [-0.2, -0.15) is 0 Å². The zero-order valence-corrected chi connectivity index (χ0v) is 13.4. The van der Waals surface area contributed by atoms with Crippen molar-refractivity contribution in [3.05, 3.63) is 34.4 Å². The molecule has 2 aromatic rings. The summed E-state index contributed by atoms with van der Waals surface area (Å²) in [6.45, 7) is 4.21. The summed E-state index contributed by atoms with van der Waals surface area (Å²) in [7, 11) is 4.02. The fourth-order valence-corrected chi connectivity index (χ4v) is 3.98. The van der Waals surface area contributed by atoms with Crippen molar-refractivity contribution >= 4 is 16.6 Å². The first-order valence-electron chi connectivity index (χ1n) is 8.05. The predicted octanol–water partition coefficient (Wildman–Crippen LogP) is 1.39. The second kappa shape index (κ2) is 4.81. The van der Waals surface area contributed by atoms with Crippen molar-refractivity contribution in [2.24, 2.45) is 7.05 Å². The first kappa shape index (κ1) is 13.8. The van der Waals surface area contributed by atoms with Gasteiger partial charge in [0.1, 0.15) is 5.82 Å².